The number of hydrogen-bond donors (Lipinski definition) is 1. The van der Waals surface area contributed by atoms with Crippen molar-refractivity contribution < 1.29 is 19.1 Å². The minimum absolute atomic E-state index is 0.123. The fourth-order valence-corrected chi connectivity index (χ4v) is 4.67. The molecule has 0 fully saturated rings. The predicted octanol–water partition coefficient (Wildman–Crippen LogP) is 6.74. The molecule has 0 saturated heterocycles. The number of nitrogens with one attached hydrogen (secondary N) is 1. The lowest BCUT2D eigenvalue weighted by molar-refractivity contribution is -0.112. The van der Waals surface area contributed by atoms with Crippen LogP contribution in [0.1, 0.15) is 44.4 Å². The van der Waals surface area contributed by atoms with E-state index in [0.717, 1.165) is 26.0 Å². The molecule has 1 N–H and O–H groups in total. The first-order chi connectivity index (χ1) is 16.7. The van der Waals surface area contributed by atoms with E-state index in [4.69, 9.17) is 9.47 Å². The Balaban J connectivity index is 1.87. The van der Waals surface area contributed by atoms with Gasteiger partial charge in [0.25, 0.3) is 5.91 Å². The van der Waals surface area contributed by atoms with Crippen LogP contribution in [-0.4, -0.2) is 18.5 Å². The molecule has 0 spiro atoms. The number of carbonyl (C=O) groups excluding carboxylic acids is 2. The molecule has 0 radical (unpaired) electrons. The van der Waals surface area contributed by atoms with E-state index in [9.17, 15) is 14.9 Å². The number of halogens is 1. The molecule has 0 bridgehead atoms. The molecule has 1 amide bonds. The molecule has 0 aliphatic carbocycles. The third-order valence-electron chi connectivity index (χ3n) is 5.24. The number of nitriles is 1. The van der Waals surface area contributed by atoms with Crippen LogP contribution < -0.4 is 10.1 Å². The summed E-state index contributed by atoms with van der Waals surface area (Å²) in [6, 6.07) is 15.3. The first-order valence-electron chi connectivity index (χ1n) is 10.9. The van der Waals surface area contributed by atoms with Crippen molar-refractivity contribution in [3.8, 4) is 11.8 Å². The van der Waals surface area contributed by atoms with Crippen molar-refractivity contribution in [2.45, 2.75) is 34.3 Å². The van der Waals surface area contributed by atoms with Crippen LogP contribution in [0.3, 0.4) is 0 Å². The molecule has 35 heavy (non-hydrogen) atoms. The lowest BCUT2D eigenvalue weighted by atomic mass is 10.1. The summed E-state index contributed by atoms with van der Waals surface area (Å²) in [5.41, 5.74) is 3.66. The second-order valence-electron chi connectivity index (χ2n) is 7.79. The molecule has 6 nitrogen and oxygen atoms in total. The molecule has 2 aromatic carbocycles. The standard InChI is InChI=1S/C27H25BrN2O4S/c1-5-33-27(32)24-17(3)18(4)35-26(24)30-25(31)21(14-29)12-20-13-22(28)10-11-23(20)34-15-19-8-6-16(2)7-9-19/h6-13H,5,15H2,1-4H3,(H,30,31). The second kappa shape index (κ2) is 11.8. The number of aryl methyl sites for hydroxylation is 2. The third kappa shape index (κ3) is 6.59. The maximum absolute atomic E-state index is 13.0. The molecule has 0 saturated carbocycles. The molecular formula is C27H25BrN2O4S. The van der Waals surface area contributed by atoms with Gasteiger partial charge in [0.2, 0.25) is 0 Å². The van der Waals surface area contributed by atoms with Crippen molar-refractivity contribution in [3.05, 3.63) is 85.2 Å². The number of amides is 1. The summed E-state index contributed by atoms with van der Waals surface area (Å²) in [5.74, 6) is -0.598. The van der Waals surface area contributed by atoms with E-state index < -0.39 is 11.9 Å². The number of benzene rings is 2. The van der Waals surface area contributed by atoms with Crippen molar-refractivity contribution >= 4 is 50.2 Å². The molecular weight excluding hydrogens is 528 g/mol. The van der Waals surface area contributed by atoms with Gasteiger partial charge >= 0.3 is 5.97 Å². The van der Waals surface area contributed by atoms with E-state index in [2.05, 4.69) is 21.2 Å². The Morgan fingerprint density at radius 1 is 1.14 bits per heavy atom. The Morgan fingerprint density at radius 2 is 1.86 bits per heavy atom. The molecule has 0 unspecified atom stereocenters. The molecule has 3 aromatic rings. The highest BCUT2D eigenvalue weighted by Crippen LogP contribution is 2.34. The normalized spacial score (nSPS) is 11.0. The number of thiophene rings is 1. The summed E-state index contributed by atoms with van der Waals surface area (Å²) in [4.78, 5) is 26.3. The number of anilines is 1. The Bertz CT molecular complexity index is 1320. The van der Waals surface area contributed by atoms with E-state index in [-0.39, 0.29) is 12.2 Å². The highest BCUT2D eigenvalue weighted by molar-refractivity contribution is 9.10. The molecule has 8 heteroatoms. The molecule has 0 aliphatic heterocycles. The van der Waals surface area contributed by atoms with E-state index >= 15 is 0 Å². The number of hydrogen-bond acceptors (Lipinski definition) is 6. The smallest absolute Gasteiger partial charge is 0.341 e. The van der Waals surface area contributed by atoms with E-state index in [1.54, 1.807) is 26.0 Å². The largest absolute Gasteiger partial charge is 0.488 e. The molecule has 0 aliphatic rings. The maximum atomic E-state index is 13.0. The SMILES string of the molecule is CCOC(=O)c1c(NC(=O)C(C#N)=Cc2cc(Br)ccc2OCc2ccc(C)cc2)sc(C)c1C. The highest BCUT2D eigenvalue weighted by Gasteiger charge is 2.23. The first-order valence-corrected chi connectivity index (χ1v) is 12.5. The Kier molecular flexibility index (Phi) is 8.85. The average molecular weight is 553 g/mol. The van der Waals surface area contributed by atoms with E-state index in [0.29, 0.717) is 28.5 Å². The summed E-state index contributed by atoms with van der Waals surface area (Å²) >= 11 is 4.70. The number of carbonyl (C=O) groups is 2. The van der Waals surface area contributed by atoms with Crippen LogP contribution in [0.4, 0.5) is 5.00 Å². The van der Waals surface area contributed by atoms with Crippen molar-refractivity contribution in [2.24, 2.45) is 0 Å². The van der Waals surface area contributed by atoms with Gasteiger partial charge in [-0.1, -0.05) is 45.8 Å². The van der Waals surface area contributed by atoms with Gasteiger partial charge in [0.15, 0.2) is 0 Å². The van der Waals surface area contributed by atoms with Gasteiger partial charge in [0, 0.05) is 14.9 Å². The average Bonchev–Trinajstić information content (AvgIpc) is 3.10. The lowest BCUT2D eigenvalue weighted by Crippen LogP contribution is -2.16. The van der Waals surface area contributed by atoms with Gasteiger partial charge in [0.1, 0.15) is 29.0 Å². The highest BCUT2D eigenvalue weighted by atomic mass is 79.9. The Hall–Kier alpha value is -3.41. The second-order valence-corrected chi connectivity index (χ2v) is 9.93. The molecule has 1 heterocycles. The van der Waals surface area contributed by atoms with Crippen molar-refractivity contribution in [2.75, 3.05) is 11.9 Å². The van der Waals surface area contributed by atoms with Gasteiger partial charge in [-0.05, 0) is 63.1 Å². The topological polar surface area (TPSA) is 88.4 Å². The summed E-state index contributed by atoms with van der Waals surface area (Å²) in [6.07, 6.45) is 1.47. The van der Waals surface area contributed by atoms with Gasteiger partial charge in [-0.15, -0.1) is 11.3 Å². The summed E-state index contributed by atoms with van der Waals surface area (Å²) in [6.45, 7) is 7.96. The Morgan fingerprint density at radius 3 is 2.51 bits per heavy atom. The number of rotatable bonds is 8. The quantitative estimate of drug-likeness (QED) is 0.190. The van der Waals surface area contributed by atoms with E-state index in [1.807, 2.05) is 50.2 Å². The molecule has 3 rings (SSSR count). The van der Waals surface area contributed by atoms with Gasteiger partial charge in [-0.3, -0.25) is 4.79 Å². The van der Waals surface area contributed by atoms with Gasteiger partial charge in [-0.2, -0.15) is 5.26 Å². The lowest BCUT2D eigenvalue weighted by Gasteiger charge is -2.11. The first kappa shape index (κ1) is 26.2. The van der Waals surface area contributed by atoms with Crippen LogP contribution in [0.25, 0.3) is 6.08 Å². The molecule has 0 atom stereocenters. The fraction of sp³-hybridized carbons (Fsp3) is 0.222. The van der Waals surface area contributed by atoms with Crippen LogP contribution in [-0.2, 0) is 16.1 Å². The monoisotopic (exact) mass is 552 g/mol. The van der Waals surface area contributed by atoms with E-state index in [1.165, 1.54) is 17.4 Å². The predicted molar refractivity (Wildman–Crippen MR) is 142 cm³/mol. The van der Waals surface area contributed by atoms with Crippen LogP contribution in [0, 0.1) is 32.1 Å². The Labute approximate surface area is 217 Å². The molecule has 1 aromatic heterocycles. The van der Waals surface area contributed by atoms with Gasteiger partial charge in [-0.25, -0.2) is 4.79 Å². The zero-order chi connectivity index (χ0) is 25.5. The third-order valence-corrected chi connectivity index (χ3v) is 6.86. The maximum Gasteiger partial charge on any atom is 0.341 e. The number of esters is 1. The van der Waals surface area contributed by atoms with Crippen molar-refractivity contribution in [1.29, 1.82) is 5.26 Å². The number of ether oxygens (including phenoxy) is 2. The fourth-order valence-electron chi connectivity index (χ4n) is 3.25. The summed E-state index contributed by atoms with van der Waals surface area (Å²) < 4.78 is 11.9. The van der Waals surface area contributed by atoms with Crippen molar-refractivity contribution in [3.63, 3.8) is 0 Å². The zero-order valence-electron chi connectivity index (χ0n) is 19.9. The van der Waals surface area contributed by atoms with Crippen LogP contribution in [0.15, 0.2) is 52.5 Å². The summed E-state index contributed by atoms with van der Waals surface area (Å²) in [7, 11) is 0. The minimum atomic E-state index is -0.622. The van der Waals surface area contributed by atoms with Crippen LogP contribution >= 0.6 is 27.3 Å². The number of nitrogens with zero attached hydrogens (tertiary/aromatic N) is 1. The van der Waals surface area contributed by atoms with Crippen LogP contribution in [0.5, 0.6) is 5.75 Å². The summed E-state index contributed by atoms with van der Waals surface area (Å²) in [5, 5.41) is 12.8. The van der Waals surface area contributed by atoms with Crippen molar-refractivity contribution in [1.82, 2.24) is 0 Å². The zero-order valence-corrected chi connectivity index (χ0v) is 22.3. The molecule has 180 valence electrons. The minimum Gasteiger partial charge on any atom is -0.488 e. The van der Waals surface area contributed by atoms with Crippen LogP contribution in [0.2, 0.25) is 0 Å². The van der Waals surface area contributed by atoms with Gasteiger partial charge in [0.05, 0.1) is 12.2 Å². The van der Waals surface area contributed by atoms with Gasteiger partial charge < -0.3 is 14.8 Å².